The summed E-state index contributed by atoms with van der Waals surface area (Å²) in [5, 5.41) is 9.65. The summed E-state index contributed by atoms with van der Waals surface area (Å²) in [7, 11) is 0. The van der Waals surface area contributed by atoms with E-state index in [9.17, 15) is 14.4 Å². The second-order valence-corrected chi connectivity index (χ2v) is 12.6. The minimum absolute atomic E-state index is 0.158. The Labute approximate surface area is 270 Å². The van der Waals surface area contributed by atoms with Crippen molar-refractivity contribution in [1.29, 1.82) is 0 Å². The summed E-state index contributed by atoms with van der Waals surface area (Å²) < 4.78 is 23.0. The van der Waals surface area contributed by atoms with Gasteiger partial charge in [-0.15, -0.1) is 5.10 Å². The number of rotatable bonds is 7. The molecule has 0 bridgehead atoms. The number of ether oxygens (including phenoxy) is 1. The van der Waals surface area contributed by atoms with Crippen LogP contribution in [0, 0.1) is 5.82 Å². The first kappa shape index (κ1) is 31.5. The largest absolute Gasteiger partial charge is 0.444 e. The molecule has 1 atom stereocenters. The van der Waals surface area contributed by atoms with Crippen molar-refractivity contribution in [2.45, 2.75) is 58.1 Å². The molecule has 47 heavy (non-hydrogen) atoms. The average Bonchev–Trinajstić information content (AvgIpc) is 3.47. The van der Waals surface area contributed by atoms with Crippen molar-refractivity contribution in [3.8, 4) is 5.69 Å². The average molecular weight is 639 g/mol. The van der Waals surface area contributed by atoms with E-state index in [-0.39, 0.29) is 18.5 Å². The van der Waals surface area contributed by atoms with Gasteiger partial charge < -0.3 is 15.4 Å². The van der Waals surface area contributed by atoms with Gasteiger partial charge >= 0.3 is 6.09 Å². The van der Waals surface area contributed by atoms with Crippen LogP contribution in [0.2, 0.25) is 0 Å². The van der Waals surface area contributed by atoms with Crippen LogP contribution in [0.4, 0.5) is 15.0 Å². The highest BCUT2D eigenvalue weighted by molar-refractivity contribution is 6.10. The van der Waals surface area contributed by atoms with Crippen molar-refractivity contribution in [3.05, 3.63) is 83.9 Å². The highest BCUT2D eigenvalue weighted by Crippen LogP contribution is 2.32. The van der Waals surface area contributed by atoms with Gasteiger partial charge in [-0.3, -0.25) is 14.5 Å². The van der Waals surface area contributed by atoms with Crippen LogP contribution in [0.15, 0.2) is 67.0 Å². The van der Waals surface area contributed by atoms with E-state index < -0.39 is 35.4 Å². The lowest BCUT2D eigenvalue weighted by atomic mass is 10.00. The first-order valence-electron chi connectivity index (χ1n) is 15.4. The van der Waals surface area contributed by atoms with E-state index in [1.165, 1.54) is 21.7 Å². The molecule has 12 nitrogen and oxygen atoms in total. The Bertz CT molecular complexity index is 1990. The number of fused-ring (bicyclic) bond motifs is 2. The van der Waals surface area contributed by atoms with Gasteiger partial charge in [-0.2, -0.15) is 4.68 Å². The second-order valence-electron chi connectivity index (χ2n) is 12.6. The maximum Gasteiger partial charge on any atom is 0.410 e. The number of likely N-dealkylation sites (tertiary alicyclic amines) is 1. The zero-order valence-electron chi connectivity index (χ0n) is 26.4. The number of nitrogens with zero attached hydrogens (tertiary/aromatic N) is 7. The zero-order chi connectivity index (χ0) is 33.3. The molecule has 1 saturated heterocycles. The Morgan fingerprint density at radius 2 is 1.89 bits per heavy atom. The lowest BCUT2D eigenvalue weighted by Gasteiger charge is -2.39. The van der Waals surface area contributed by atoms with Gasteiger partial charge in [0.15, 0.2) is 5.65 Å². The number of carbonyl (C=O) groups excluding carboxylic acids is 3. The molecule has 3 amide bonds. The molecule has 1 aliphatic rings. The minimum Gasteiger partial charge on any atom is -0.444 e. The third kappa shape index (κ3) is 6.74. The van der Waals surface area contributed by atoms with Crippen LogP contribution < -0.4 is 10.6 Å². The van der Waals surface area contributed by atoms with Crippen LogP contribution in [0.5, 0.6) is 0 Å². The SMILES string of the molecule is CC(C)(C)OC(=O)N1CCC[C@@H](N(C(=O)c2ccc(-n3nnc4cccnc43)cc2F)c2nccc3ccc(CCC(N)=O)cc23)C1. The van der Waals surface area contributed by atoms with Crippen molar-refractivity contribution in [3.63, 3.8) is 0 Å². The van der Waals surface area contributed by atoms with Gasteiger partial charge in [0.2, 0.25) is 5.91 Å². The molecule has 6 rings (SSSR count). The van der Waals surface area contributed by atoms with Crippen molar-refractivity contribution in [2.75, 3.05) is 18.0 Å². The molecular weight excluding hydrogens is 603 g/mol. The molecule has 0 unspecified atom stereocenters. The number of carbonyl (C=O) groups is 3. The van der Waals surface area contributed by atoms with E-state index in [0.717, 1.165) is 10.9 Å². The van der Waals surface area contributed by atoms with Gasteiger partial charge in [0, 0.05) is 43.4 Å². The normalized spacial score (nSPS) is 15.1. The number of primary amides is 1. The number of hydrogen-bond donors (Lipinski definition) is 1. The molecule has 2 aromatic carbocycles. The fraction of sp³-hybridized carbons (Fsp3) is 0.324. The van der Waals surface area contributed by atoms with Gasteiger partial charge in [-0.05, 0) is 87.4 Å². The van der Waals surface area contributed by atoms with Crippen LogP contribution in [-0.4, -0.2) is 72.5 Å². The molecule has 4 heterocycles. The van der Waals surface area contributed by atoms with Gasteiger partial charge in [0.1, 0.15) is 22.8 Å². The number of nitrogens with two attached hydrogens (primary N) is 1. The van der Waals surface area contributed by atoms with Gasteiger partial charge in [0.05, 0.1) is 17.3 Å². The van der Waals surface area contributed by atoms with Crippen LogP contribution >= 0.6 is 0 Å². The third-order valence-electron chi connectivity index (χ3n) is 7.97. The first-order chi connectivity index (χ1) is 22.5. The summed E-state index contributed by atoms with van der Waals surface area (Å²) in [6, 6.07) is 14.6. The first-order valence-corrected chi connectivity index (χ1v) is 15.4. The maximum absolute atomic E-state index is 16.0. The van der Waals surface area contributed by atoms with Gasteiger partial charge in [-0.25, -0.2) is 19.2 Å². The smallest absolute Gasteiger partial charge is 0.410 e. The molecule has 2 N–H and O–H groups in total. The predicted molar refractivity (Wildman–Crippen MR) is 174 cm³/mol. The van der Waals surface area contributed by atoms with Crippen LogP contribution in [-0.2, 0) is 16.0 Å². The molecule has 13 heteroatoms. The molecule has 0 saturated carbocycles. The number of anilines is 1. The van der Waals surface area contributed by atoms with Crippen molar-refractivity contribution >= 4 is 45.7 Å². The van der Waals surface area contributed by atoms with E-state index in [4.69, 9.17) is 10.5 Å². The number of amides is 3. The molecular formula is C34H35FN8O4. The Balaban J connectivity index is 1.42. The van der Waals surface area contributed by atoms with Crippen molar-refractivity contribution in [2.24, 2.45) is 5.73 Å². The Kier molecular flexibility index (Phi) is 8.54. The van der Waals surface area contributed by atoms with Gasteiger partial charge in [0.25, 0.3) is 5.91 Å². The number of benzene rings is 2. The Morgan fingerprint density at radius 3 is 2.66 bits per heavy atom. The van der Waals surface area contributed by atoms with E-state index in [2.05, 4.69) is 20.3 Å². The Hall–Kier alpha value is -5.46. The molecule has 3 aromatic heterocycles. The lowest BCUT2D eigenvalue weighted by Crippen LogP contribution is -2.53. The third-order valence-corrected chi connectivity index (χ3v) is 7.97. The van der Waals surface area contributed by atoms with E-state index in [1.54, 1.807) is 56.3 Å². The van der Waals surface area contributed by atoms with Crippen LogP contribution in [0.3, 0.4) is 0 Å². The highest BCUT2D eigenvalue weighted by atomic mass is 19.1. The zero-order valence-corrected chi connectivity index (χ0v) is 26.4. The summed E-state index contributed by atoms with van der Waals surface area (Å²) >= 11 is 0. The number of aryl methyl sites for hydroxylation is 1. The minimum atomic E-state index is -0.765. The molecule has 5 aromatic rings. The number of piperidine rings is 1. The lowest BCUT2D eigenvalue weighted by molar-refractivity contribution is -0.118. The van der Waals surface area contributed by atoms with E-state index in [1.807, 2.05) is 24.3 Å². The molecule has 1 aliphatic heterocycles. The fourth-order valence-electron chi connectivity index (χ4n) is 5.79. The molecule has 0 aliphatic carbocycles. The van der Waals surface area contributed by atoms with Crippen LogP contribution in [0.25, 0.3) is 27.6 Å². The van der Waals surface area contributed by atoms with Crippen molar-refractivity contribution in [1.82, 2.24) is 29.9 Å². The second kappa shape index (κ2) is 12.7. The summed E-state index contributed by atoms with van der Waals surface area (Å²) in [4.78, 5) is 51.1. The summed E-state index contributed by atoms with van der Waals surface area (Å²) in [5.41, 5.74) is 6.70. The van der Waals surface area contributed by atoms with Crippen LogP contribution in [0.1, 0.15) is 56.0 Å². The quantitative estimate of drug-likeness (QED) is 0.263. The number of halogens is 1. The summed E-state index contributed by atoms with van der Waals surface area (Å²) in [6.45, 7) is 6.00. The van der Waals surface area contributed by atoms with Gasteiger partial charge in [-0.1, -0.05) is 17.3 Å². The summed E-state index contributed by atoms with van der Waals surface area (Å²) in [5.74, 6) is -1.49. The molecule has 1 fully saturated rings. The summed E-state index contributed by atoms with van der Waals surface area (Å²) in [6.07, 6.45) is 4.40. The standard InChI is InChI=1S/C34H35FN8O4/c1-34(2,3)47-33(46)41-17-5-6-24(20-41)42(30-26-18-21(9-13-29(36)44)8-10-22(26)14-16-38-30)32(45)25-12-11-23(19-27(25)35)43-31-28(39-40-43)7-4-15-37-31/h4,7-8,10-12,14-16,18-19,24H,5-6,9,13,17,20H2,1-3H3,(H2,36,44)/t24-/m1/s1. The number of hydrogen-bond acceptors (Lipinski definition) is 8. The Morgan fingerprint density at radius 1 is 1.06 bits per heavy atom. The fourth-order valence-corrected chi connectivity index (χ4v) is 5.79. The van der Waals surface area contributed by atoms with Crippen molar-refractivity contribution < 1.29 is 23.5 Å². The number of aromatic nitrogens is 5. The molecule has 242 valence electrons. The molecule has 0 spiro atoms. The number of pyridine rings is 2. The monoisotopic (exact) mass is 638 g/mol. The maximum atomic E-state index is 16.0. The highest BCUT2D eigenvalue weighted by Gasteiger charge is 2.36. The van der Waals surface area contributed by atoms with E-state index in [0.29, 0.717) is 53.9 Å². The predicted octanol–water partition coefficient (Wildman–Crippen LogP) is 4.97. The topological polar surface area (TPSA) is 149 Å². The van der Waals surface area contributed by atoms with E-state index >= 15 is 4.39 Å². The molecule has 0 radical (unpaired) electrons.